The minimum Gasteiger partial charge on any atom is -0.391 e. The SMILES string of the molecule is CC(C)(C)[Si]1(C(C)(C)C)OC[C@H]2O[C@@H](OCC(F)(F)F)[C@H](N=[N+]=[N-])[C@@H](OCc3ccccc3)[C@H]2O1. The zero-order valence-electron chi connectivity index (χ0n) is 20.9. The van der Waals surface area contributed by atoms with E-state index >= 15 is 0 Å². The van der Waals surface area contributed by atoms with E-state index in [1.54, 1.807) is 0 Å². The highest BCUT2D eigenvalue weighted by atomic mass is 28.4. The maximum atomic E-state index is 12.9. The molecule has 0 aliphatic carbocycles. The van der Waals surface area contributed by atoms with Crippen molar-refractivity contribution in [2.45, 2.75) is 95.0 Å². The van der Waals surface area contributed by atoms with Gasteiger partial charge in [-0.15, -0.1) is 0 Å². The number of ether oxygens (including phenoxy) is 3. The summed E-state index contributed by atoms with van der Waals surface area (Å²) in [5, 5.41) is 3.06. The van der Waals surface area contributed by atoms with Crippen LogP contribution in [-0.4, -0.2) is 58.6 Å². The van der Waals surface area contributed by atoms with Gasteiger partial charge in [-0.2, -0.15) is 13.2 Å². The maximum Gasteiger partial charge on any atom is 0.411 e. The van der Waals surface area contributed by atoms with E-state index in [1.807, 2.05) is 30.3 Å². The van der Waals surface area contributed by atoms with Crippen molar-refractivity contribution >= 4 is 8.56 Å². The second-order valence-corrected chi connectivity index (χ2v) is 15.7. The molecule has 0 spiro atoms. The van der Waals surface area contributed by atoms with Crippen LogP contribution in [0.4, 0.5) is 13.2 Å². The predicted octanol–water partition coefficient (Wildman–Crippen LogP) is 6.01. The van der Waals surface area contributed by atoms with Crippen molar-refractivity contribution in [3.8, 4) is 0 Å². The van der Waals surface area contributed by atoms with Gasteiger partial charge in [0.15, 0.2) is 6.29 Å². The van der Waals surface area contributed by atoms with Gasteiger partial charge in [0.1, 0.15) is 24.9 Å². The fourth-order valence-electron chi connectivity index (χ4n) is 4.96. The molecule has 0 aromatic heterocycles. The summed E-state index contributed by atoms with van der Waals surface area (Å²) >= 11 is 0. The van der Waals surface area contributed by atoms with E-state index in [4.69, 9.17) is 23.1 Å². The normalized spacial score (nSPS) is 29.2. The first-order valence-electron chi connectivity index (χ1n) is 11.5. The summed E-state index contributed by atoms with van der Waals surface area (Å²) in [4.78, 5) is 2.86. The molecule has 12 heteroatoms. The molecule has 3 rings (SSSR count). The van der Waals surface area contributed by atoms with Gasteiger partial charge in [-0.25, -0.2) is 0 Å². The molecule has 0 bridgehead atoms. The van der Waals surface area contributed by atoms with E-state index in [9.17, 15) is 18.7 Å². The number of azide groups is 1. The maximum absolute atomic E-state index is 12.9. The van der Waals surface area contributed by atoms with Crippen LogP contribution in [0.1, 0.15) is 47.1 Å². The van der Waals surface area contributed by atoms with Crippen molar-refractivity contribution < 1.29 is 36.2 Å². The van der Waals surface area contributed by atoms with Crippen LogP contribution in [-0.2, 0) is 29.7 Å². The van der Waals surface area contributed by atoms with Gasteiger partial charge in [-0.3, -0.25) is 0 Å². The molecule has 196 valence electrons. The minimum absolute atomic E-state index is 0.103. The quantitative estimate of drug-likeness (QED) is 0.199. The van der Waals surface area contributed by atoms with Crippen molar-refractivity contribution in [3.05, 3.63) is 46.3 Å². The van der Waals surface area contributed by atoms with E-state index < -0.39 is 52.0 Å². The van der Waals surface area contributed by atoms with Crippen molar-refractivity contribution in [1.82, 2.24) is 0 Å². The highest BCUT2D eigenvalue weighted by Crippen LogP contribution is 2.55. The summed E-state index contributed by atoms with van der Waals surface area (Å²) in [5.74, 6) is 0. The lowest BCUT2D eigenvalue weighted by molar-refractivity contribution is -0.303. The summed E-state index contributed by atoms with van der Waals surface area (Å²) in [7, 11) is -2.98. The Hall–Kier alpha value is -1.66. The first kappa shape index (κ1) is 27.9. The molecule has 0 amide bonds. The van der Waals surface area contributed by atoms with E-state index in [2.05, 4.69) is 51.6 Å². The predicted molar refractivity (Wildman–Crippen MR) is 125 cm³/mol. The smallest absolute Gasteiger partial charge is 0.391 e. The highest BCUT2D eigenvalue weighted by Gasteiger charge is 2.65. The van der Waals surface area contributed by atoms with Crippen LogP contribution in [0.3, 0.4) is 0 Å². The minimum atomic E-state index is -4.58. The lowest BCUT2D eigenvalue weighted by Crippen LogP contribution is -2.71. The van der Waals surface area contributed by atoms with Gasteiger partial charge in [0, 0.05) is 15.0 Å². The zero-order valence-corrected chi connectivity index (χ0v) is 21.9. The number of benzene rings is 1. The fourth-order valence-corrected chi connectivity index (χ4v) is 9.92. The molecule has 2 aliphatic heterocycles. The average Bonchev–Trinajstić information content (AvgIpc) is 2.75. The molecule has 5 atom stereocenters. The molecular formula is C23H34F3N3O5Si. The molecule has 0 unspecified atom stereocenters. The number of rotatable bonds is 6. The number of fused-ring (bicyclic) bond motifs is 1. The molecule has 0 saturated carbocycles. The second kappa shape index (κ2) is 10.4. The van der Waals surface area contributed by atoms with Crippen LogP contribution in [0.25, 0.3) is 10.4 Å². The lowest BCUT2D eigenvalue weighted by Gasteiger charge is -2.57. The van der Waals surface area contributed by atoms with Gasteiger partial charge in [-0.05, 0) is 11.1 Å². The Morgan fingerprint density at radius 3 is 2.23 bits per heavy atom. The number of hydrogen-bond donors (Lipinski definition) is 0. The van der Waals surface area contributed by atoms with Crippen LogP contribution < -0.4 is 0 Å². The molecule has 8 nitrogen and oxygen atoms in total. The highest BCUT2D eigenvalue weighted by molar-refractivity contribution is 6.73. The summed E-state index contributed by atoms with van der Waals surface area (Å²) in [6.45, 7) is 11.0. The van der Waals surface area contributed by atoms with Gasteiger partial charge < -0.3 is 23.1 Å². The van der Waals surface area contributed by atoms with Crippen LogP contribution in [0.2, 0.25) is 10.1 Å². The zero-order chi connectivity index (χ0) is 26.1. The van der Waals surface area contributed by atoms with Crippen LogP contribution in [0, 0.1) is 0 Å². The number of hydrogen-bond acceptors (Lipinski definition) is 6. The summed E-state index contributed by atoms with van der Waals surface area (Å²) in [6.07, 6.45) is -8.45. The molecule has 35 heavy (non-hydrogen) atoms. The molecule has 2 heterocycles. The molecule has 2 saturated heterocycles. The molecule has 1 aromatic rings. The van der Waals surface area contributed by atoms with Gasteiger partial charge in [0.05, 0.1) is 19.3 Å². The molecule has 0 N–H and O–H groups in total. The first-order chi connectivity index (χ1) is 16.2. The van der Waals surface area contributed by atoms with E-state index in [0.717, 1.165) is 5.56 Å². The second-order valence-electron chi connectivity index (χ2n) is 10.9. The lowest BCUT2D eigenvalue weighted by atomic mass is 9.97. The fraction of sp³-hybridized carbons (Fsp3) is 0.739. The third kappa shape index (κ3) is 6.19. The van der Waals surface area contributed by atoms with Crippen molar-refractivity contribution in [1.29, 1.82) is 0 Å². The van der Waals surface area contributed by atoms with Crippen LogP contribution in [0.5, 0.6) is 0 Å². The third-order valence-corrected chi connectivity index (χ3v) is 11.4. The first-order valence-corrected chi connectivity index (χ1v) is 13.4. The van der Waals surface area contributed by atoms with Gasteiger partial charge in [0.2, 0.25) is 0 Å². The monoisotopic (exact) mass is 517 g/mol. The van der Waals surface area contributed by atoms with E-state index in [1.165, 1.54) is 0 Å². The molecular weight excluding hydrogens is 483 g/mol. The van der Waals surface area contributed by atoms with Gasteiger partial charge in [-0.1, -0.05) is 77.0 Å². The Balaban J connectivity index is 1.98. The Morgan fingerprint density at radius 1 is 1.06 bits per heavy atom. The molecule has 2 fully saturated rings. The summed E-state index contributed by atoms with van der Waals surface area (Å²) in [6, 6.07) is 8.11. The number of nitrogens with zero attached hydrogens (tertiary/aromatic N) is 3. The van der Waals surface area contributed by atoms with Crippen LogP contribution in [0.15, 0.2) is 35.4 Å². The average molecular weight is 518 g/mol. The standard InChI is InChI=1S/C23H34F3N3O5Si/c1-21(2,3)35(22(4,5)6)32-13-16-18(34-35)19(30-12-15-10-8-7-9-11-15)17(28-29-27)20(33-16)31-14-23(24,25)26/h7-11,16-20H,12-14H2,1-6H3/t16-,17-,18+,19-,20-/m1/s1. The van der Waals surface area contributed by atoms with Crippen LogP contribution >= 0.6 is 0 Å². The number of alkyl halides is 3. The Bertz CT molecular complexity index is 886. The topological polar surface area (TPSA) is 94.9 Å². The van der Waals surface area contributed by atoms with Crippen molar-refractivity contribution in [2.24, 2.45) is 5.11 Å². The van der Waals surface area contributed by atoms with Gasteiger partial charge >= 0.3 is 14.7 Å². The Kier molecular flexibility index (Phi) is 8.27. The molecule has 0 radical (unpaired) electrons. The number of halogens is 3. The molecule has 1 aromatic carbocycles. The molecule has 2 aliphatic rings. The van der Waals surface area contributed by atoms with Gasteiger partial charge in [0.25, 0.3) is 0 Å². The van der Waals surface area contributed by atoms with Crippen molar-refractivity contribution in [2.75, 3.05) is 13.2 Å². The third-order valence-electron chi connectivity index (χ3n) is 6.22. The van der Waals surface area contributed by atoms with E-state index in [0.29, 0.717) is 0 Å². The summed E-state index contributed by atoms with van der Waals surface area (Å²) < 4.78 is 69.1. The summed E-state index contributed by atoms with van der Waals surface area (Å²) in [5.41, 5.74) is 10.1. The van der Waals surface area contributed by atoms with E-state index in [-0.39, 0.29) is 23.3 Å². The van der Waals surface area contributed by atoms with Crippen molar-refractivity contribution in [3.63, 3.8) is 0 Å². The Labute approximate surface area is 204 Å². The largest absolute Gasteiger partial charge is 0.411 e. The Morgan fingerprint density at radius 2 is 1.69 bits per heavy atom.